The van der Waals surface area contributed by atoms with Crippen molar-refractivity contribution in [1.82, 2.24) is 14.5 Å². The number of piperidine rings is 1. The van der Waals surface area contributed by atoms with Crippen LogP contribution in [0.4, 0.5) is 0 Å². The summed E-state index contributed by atoms with van der Waals surface area (Å²) >= 11 is 0. The highest BCUT2D eigenvalue weighted by atomic mass is 16.2. The van der Waals surface area contributed by atoms with E-state index in [1.54, 1.807) is 4.90 Å². The van der Waals surface area contributed by atoms with Gasteiger partial charge in [0.25, 0.3) is 11.5 Å². The van der Waals surface area contributed by atoms with E-state index in [0.29, 0.717) is 6.54 Å². The number of hydrogen-bond donors (Lipinski definition) is 1. The number of carbonyl (C=O) groups is 1. The average molecular weight is 265 g/mol. The van der Waals surface area contributed by atoms with Crippen molar-refractivity contribution in [2.24, 2.45) is 7.05 Å². The van der Waals surface area contributed by atoms with E-state index in [1.165, 1.54) is 13.2 Å². The first kappa shape index (κ1) is 13.6. The van der Waals surface area contributed by atoms with E-state index in [9.17, 15) is 14.4 Å². The van der Waals surface area contributed by atoms with Crippen LogP contribution in [-0.4, -0.2) is 32.9 Å². The summed E-state index contributed by atoms with van der Waals surface area (Å²) in [4.78, 5) is 39.9. The van der Waals surface area contributed by atoms with Crippen molar-refractivity contribution in [3.05, 3.63) is 32.6 Å². The first-order valence-corrected chi connectivity index (χ1v) is 6.66. The zero-order valence-electron chi connectivity index (χ0n) is 11.3. The minimum Gasteiger partial charge on any atom is -0.335 e. The van der Waals surface area contributed by atoms with Crippen molar-refractivity contribution in [3.8, 4) is 0 Å². The van der Waals surface area contributed by atoms with Gasteiger partial charge >= 0.3 is 5.69 Å². The molecule has 1 aromatic heterocycles. The van der Waals surface area contributed by atoms with E-state index in [1.807, 2.05) is 6.92 Å². The lowest BCUT2D eigenvalue weighted by molar-refractivity contribution is 0.0605. The van der Waals surface area contributed by atoms with Gasteiger partial charge in [-0.3, -0.25) is 14.2 Å². The van der Waals surface area contributed by atoms with Crippen LogP contribution in [0.25, 0.3) is 0 Å². The number of H-pyrrole nitrogens is 1. The number of aromatic amines is 1. The number of hydrogen-bond acceptors (Lipinski definition) is 3. The van der Waals surface area contributed by atoms with Gasteiger partial charge in [-0.15, -0.1) is 0 Å². The van der Waals surface area contributed by atoms with Gasteiger partial charge in [-0.05, 0) is 25.7 Å². The molecule has 19 heavy (non-hydrogen) atoms. The van der Waals surface area contributed by atoms with Crippen molar-refractivity contribution in [1.29, 1.82) is 0 Å². The summed E-state index contributed by atoms with van der Waals surface area (Å²) in [5, 5.41) is 0. The van der Waals surface area contributed by atoms with Crippen LogP contribution < -0.4 is 11.2 Å². The second-order valence-corrected chi connectivity index (χ2v) is 4.93. The smallest absolute Gasteiger partial charge is 0.328 e. The van der Waals surface area contributed by atoms with Gasteiger partial charge in [0.1, 0.15) is 5.56 Å². The molecule has 0 aromatic carbocycles. The fourth-order valence-corrected chi connectivity index (χ4v) is 2.57. The molecule has 0 spiro atoms. The molecule has 1 saturated heterocycles. The lowest BCUT2D eigenvalue weighted by atomic mass is 9.99. The topological polar surface area (TPSA) is 75.2 Å². The highest BCUT2D eigenvalue weighted by Gasteiger charge is 2.28. The summed E-state index contributed by atoms with van der Waals surface area (Å²) in [6.07, 6.45) is 5.17. The molecule has 1 amide bonds. The predicted octanol–water partition coefficient (Wildman–Crippen LogP) is 0.478. The fraction of sp³-hybridized carbons (Fsp3) is 0.615. The number of likely N-dealkylation sites (tertiary alicyclic amines) is 1. The molecule has 6 heteroatoms. The molecule has 104 valence electrons. The van der Waals surface area contributed by atoms with E-state index < -0.39 is 11.2 Å². The van der Waals surface area contributed by atoms with E-state index in [2.05, 4.69) is 4.98 Å². The molecule has 0 radical (unpaired) electrons. The Morgan fingerprint density at radius 2 is 2.16 bits per heavy atom. The van der Waals surface area contributed by atoms with Crippen LogP contribution in [0.5, 0.6) is 0 Å². The summed E-state index contributed by atoms with van der Waals surface area (Å²) in [5.74, 6) is -0.275. The Labute approximate surface area is 111 Å². The zero-order chi connectivity index (χ0) is 14.0. The van der Waals surface area contributed by atoms with Crippen LogP contribution in [0, 0.1) is 0 Å². The molecule has 1 aliphatic heterocycles. The normalized spacial score (nSPS) is 19.5. The Morgan fingerprint density at radius 1 is 1.42 bits per heavy atom. The van der Waals surface area contributed by atoms with Crippen molar-refractivity contribution >= 4 is 5.91 Å². The van der Waals surface area contributed by atoms with Gasteiger partial charge in [-0.2, -0.15) is 0 Å². The summed E-state index contributed by atoms with van der Waals surface area (Å²) in [6.45, 7) is 2.72. The van der Waals surface area contributed by atoms with Gasteiger partial charge in [0.05, 0.1) is 0 Å². The number of aromatic nitrogens is 2. The second-order valence-electron chi connectivity index (χ2n) is 4.93. The largest absolute Gasteiger partial charge is 0.335 e. The molecule has 2 rings (SSSR count). The van der Waals surface area contributed by atoms with Crippen molar-refractivity contribution < 1.29 is 4.79 Å². The second kappa shape index (κ2) is 5.42. The molecular weight excluding hydrogens is 246 g/mol. The minimum absolute atomic E-state index is 0.0439. The van der Waals surface area contributed by atoms with E-state index in [4.69, 9.17) is 0 Å². The SMILES string of the molecule is CCC1CCCCN1C(=O)c1c[nH]c(=O)n(C)c1=O. The third-order valence-corrected chi connectivity index (χ3v) is 3.77. The van der Waals surface area contributed by atoms with Crippen LogP contribution in [-0.2, 0) is 7.05 Å². The number of nitrogens with one attached hydrogen (secondary N) is 1. The Balaban J connectivity index is 2.36. The zero-order valence-corrected chi connectivity index (χ0v) is 11.3. The van der Waals surface area contributed by atoms with Crippen LogP contribution >= 0.6 is 0 Å². The van der Waals surface area contributed by atoms with Gasteiger partial charge in [-0.25, -0.2) is 4.79 Å². The highest BCUT2D eigenvalue weighted by Crippen LogP contribution is 2.20. The van der Waals surface area contributed by atoms with E-state index in [0.717, 1.165) is 30.3 Å². The predicted molar refractivity (Wildman–Crippen MR) is 71.3 cm³/mol. The molecule has 1 aromatic rings. The lowest BCUT2D eigenvalue weighted by Crippen LogP contribution is -2.46. The van der Waals surface area contributed by atoms with Crippen LogP contribution in [0.2, 0.25) is 0 Å². The average Bonchev–Trinajstić information content (AvgIpc) is 2.44. The summed E-state index contributed by atoms with van der Waals surface area (Å²) in [7, 11) is 1.37. The molecule has 2 heterocycles. The molecule has 0 saturated carbocycles. The summed E-state index contributed by atoms with van der Waals surface area (Å²) in [6, 6.07) is 0.192. The third kappa shape index (κ3) is 2.47. The Morgan fingerprint density at radius 3 is 2.84 bits per heavy atom. The van der Waals surface area contributed by atoms with Gasteiger partial charge in [0.2, 0.25) is 0 Å². The molecule has 1 fully saturated rings. The van der Waals surface area contributed by atoms with Crippen LogP contribution in [0.1, 0.15) is 43.0 Å². The molecule has 0 aliphatic carbocycles. The quantitative estimate of drug-likeness (QED) is 0.845. The van der Waals surface area contributed by atoms with Gasteiger partial charge in [0.15, 0.2) is 0 Å². The lowest BCUT2D eigenvalue weighted by Gasteiger charge is -2.35. The fourth-order valence-electron chi connectivity index (χ4n) is 2.57. The molecule has 6 nitrogen and oxygen atoms in total. The summed E-state index contributed by atoms with van der Waals surface area (Å²) in [5.41, 5.74) is -0.996. The number of rotatable bonds is 2. The standard InChI is InChI=1S/C13H19N3O3/c1-3-9-6-4-5-7-16(9)12(18)10-8-14-13(19)15(2)11(10)17/h8-9H,3-7H2,1-2H3,(H,14,19). The monoisotopic (exact) mass is 265 g/mol. The van der Waals surface area contributed by atoms with Gasteiger partial charge < -0.3 is 9.88 Å². The third-order valence-electron chi connectivity index (χ3n) is 3.77. The first-order valence-electron chi connectivity index (χ1n) is 6.66. The number of nitrogens with zero attached hydrogens (tertiary/aromatic N) is 2. The van der Waals surface area contributed by atoms with Crippen molar-refractivity contribution in [2.45, 2.75) is 38.6 Å². The van der Waals surface area contributed by atoms with Crippen LogP contribution in [0.3, 0.4) is 0 Å². The minimum atomic E-state index is -0.533. The Bertz CT molecular complexity index is 588. The molecule has 1 unspecified atom stereocenters. The van der Waals surface area contributed by atoms with E-state index in [-0.39, 0.29) is 17.5 Å². The molecule has 1 N–H and O–H groups in total. The number of carbonyl (C=O) groups excluding carboxylic acids is 1. The van der Waals surface area contributed by atoms with Crippen LogP contribution in [0.15, 0.2) is 15.8 Å². The molecule has 0 bridgehead atoms. The Hall–Kier alpha value is -1.85. The maximum atomic E-state index is 12.4. The first-order chi connectivity index (χ1) is 9.06. The highest BCUT2D eigenvalue weighted by molar-refractivity contribution is 5.93. The summed E-state index contributed by atoms with van der Waals surface area (Å²) < 4.78 is 0.929. The van der Waals surface area contributed by atoms with Gasteiger partial charge in [-0.1, -0.05) is 6.92 Å². The number of amides is 1. The maximum Gasteiger partial charge on any atom is 0.328 e. The van der Waals surface area contributed by atoms with E-state index >= 15 is 0 Å². The van der Waals surface area contributed by atoms with Crippen molar-refractivity contribution in [3.63, 3.8) is 0 Å². The maximum absolute atomic E-state index is 12.4. The molecule has 1 aliphatic rings. The Kier molecular flexibility index (Phi) is 3.87. The van der Waals surface area contributed by atoms with Crippen molar-refractivity contribution in [2.75, 3.05) is 6.54 Å². The molecule has 1 atom stereocenters. The van der Waals surface area contributed by atoms with Gasteiger partial charge in [0, 0.05) is 25.8 Å². The molecular formula is C13H19N3O3.